The van der Waals surface area contributed by atoms with E-state index in [1.807, 2.05) is 11.9 Å². The molecule has 0 aliphatic heterocycles. The van der Waals surface area contributed by atoms with Crippen LogP contribution in [0.15, 0.2) is 18.2 Å². The number of hydrogen-bond acceptors (Lipinski definition) is 4. The number of anilines is 1. The number of aliphatic hydroxyl groups excluding tert-OH is 1. The van der Waals surface area contributed by atoms with Gasteiger partial charge in [0, 0.05) is 19.7 Å². The third-order valence-electron chi connectivity index (χ3n) is 3.32. The molecule has 1 aromatic carbocycles. The normalized spacial score (nSPS) is 16.4. The van der Waals surface area contributed by atoms with Crippen LogP contribution in [0.1, 0.15) is 31.4 Å². The average molecular weight is 250 g/mol. The number of rotatable bonds is 5. The minimum Gasteiger partial charge on any atom is -0.389 e. The van der Waals surface area contributed by atoms with Gasteiger partial charge in [-0.1, -0.05) is 6.07 Å². The van der Waals surface area contributed by atoms with E-state index in [-0.39, 0.29) is 10.6 Å². The third kappa shape index (κ3) is 2.79. The second-order valence-corrected chi connectivity index (χ2v) is 5.01. The summed E-state index contributed by atoms with van der Waals surface area (Å²) in [7, 11) is 1.88. The highest BCUT2D eigenvalue weighted by Crippen LogP contribution is 2.35. The average Bonchev–Trinajstić information content (AvgIpc) is 3.11. The first kappa shape index (κ1) is 12.8. The van der Waals surface area contributed by atoms with Crippen LogP contribution in [0.5, 0.6) is 0 Å². The summed E-state index contributed by atoms with van der Waals surface area (Å²) in [6.07, 6.45) is 1.74. The molecule has 1 aromatic rings. The van der Waals surface area contributed by atoms with Crippen molar-refractivity contribution in [3.05, 3.63) is 33.9 Å². The van der Waals surface area contributed by atoms with Crippen LogP contribution in [0.25, 0.3) is 0 Å². The maximum absolute atomic E-state index is 11.1. The molecule has 0 bridgehead atoms. The molecule has 0 spiro atoms. The van der Waals surface area contributed by atoms with Gasteiger partial charge in [0.1, 0.15) is 5.69 Å². The Bertz CT molecular complexity index is 456. The zero-order valence-corrected chi connectivity index (χ0v) is 10.7. The summed E-state index contributed by atoms with van der Waals surface area (Å²) >= 11 is 0. The maximum Gasteiger partial charge on any atom is 0.292 e. The van der Waals surface area contributed by atoms with E-state index in [1.54, 1.807) is 19.1 Å². The van der Waals surface area contributed by atoms with Gasteiger partial charge in [0.15, 0.2) is 0 Å². The summed E-state index contributed by atoms with van der Waals surface area (Å²) in [5.74, 6) is 0.672. The molecule has 5 nitrogen and oxygen atoms in total. The zero-order valence-electron chi connectivity index (χ0n) is 10.7. The van der Waals surface area contributed by atoms with Gasteiger partial charge >= 0.3 is 0 Å². The van der Waals surface area contributed by atoms with Crippen molar-refractivity contribution in [1.82, 2.24) is 0 Å². The van der Waals surface area contributed by atoms with Gasteiger partial charge in [-0.15, -0.1) is 0 Å². The minimum atomic E-state index is -0.688. The number of nitrogens with zero attached hydrogens (tertiary/aromatic N) is 2. The molecular weight excluding hydrogens is 232 g/mol. The third-order valence-corrected chi connectivity index (χ3v) is 3.32. The summed E-state index contributed by atoms with van der Waals surface area (Å²) in [6.45, 7) is 2.46. The highest BCUT2D eigenvalue weighted by molar-refractivity contribution is 5.64. The molecule has 0 saturated heterocycles. The van der Waals surface area contributed by atoms with E-state index in [4.69, 9.17) is 0 Å². The van der Waals surface area contributed by atoms with E-state index in [0.717, 1.165) is 6.54 Å². The number of nitro benzene ring substituents is 1. The van der Waals surface area contributed by atoms with Crippen LogP contribution in [0, 0.1) is 16.0 Å². The number of nitro groups is 1. The fraction of sp³-hybridized carbons (Fsp3) is 0.538. The van der Waals surface area contributed by atoms with Crippen molar-refractivity contribution in [3.8, 4) is 0 Å². The van der Waals surface area contributed by atoms with Gasteiger partial charge in [0.2, 0.25) is 0 Å². The van der Waals surface area contributed by atoms with Gasteiger partial charge in [0.05, 0.1) is 11.0 Å². The van der Waals surface area contributed by atoms with Crippen molar-refractivity contribution < 1.29 is 10.0 Å². The van der Waals surface area contributed by atoms with Gasteiger partial charge in [-0.25, -0.2) is 0 Å². The van der Waals surface area contributed by atoms with Crippen molar-refractivity contribution >= 4 is 11.4 Å². The Morgan fingerprint density at radius 3 is 2.72 bits per heavy atom. The van der Waals surface area contributed by atoms with Gasteiger partial charge < -0.3 is 10.0 Å². The summed E-state index contributed by atoms with van der Waals surface area (Å²) < 4.78 is 0. The quantitative estimate of drug-likeness (QED) is 0.644. The summed E-state index contributed by atoms with van der Waals surface area (Å²) in [6, 6.07) is 4.93. The van der Waals surface area contributed by atoms with Gasteiger partial charge in [-0.3, -0.25) is 10.1 Å². The first-order valence-corrected chi connectivity index (χ1v) is 6.16. The first-order chi connectivity index (χ1) is 8.49. The second-order valence-electron chi connectivity index (χ2n) is 5.01. The molecule has 0 unspecified atom stereocenters. The molecule has 1 aliphatic carbocycles. The SMILES string of the molecule is C[C@@H](O)c1ccc(N(C)CC2CC2)c([N+](=O)[O-])c1. The molecule has 2 rings (SSSR count). The highest BCUT2D eigenvalue weighted by Gasteiger charge is 2.26. The van der Waals surface area contributed by atoms with E-state index in [1.165, 1.54) is 18.9 Å². The Labute approximate surface area is 106 Å². The fourth-order valence-corrected chi connectivity index (χ4v) is 2.06. The Morgan fingerprint density at radius 2 is 2.22 bits per heavy atom. The maximum atomic E-state index is 11.1. The van der Waals surface area contributed by atoms with Crippen LogP contribution < -0.4 is 4.90 Å². The van der Waals surface area contributed by atoms with Crippen LogP contribution >= 0.6 is 0 Å². The largest absolute Gasteiger partial charge is 0.389 e. The van der Waals surface area contributed by atoms with Crippen molar-refractivity contribution in [1.29, 1.82) is 0 Å². The molecular formula is C13H18N2O3. The van der Waals surface area contributed by atoms with Crippen LogP contribution in [-0.4, -0.2) is 23.6 Å². The number of aliphatic hydroxyl groups is 1. The Kier molecular flexibility index (Phi) is 3.52. The smallest absolute Gasteiger partial charge is 0.292 e. The molecule has 98 valence electrons. The minimum absolute atomic E-state index is 0.0663. The summed E-state index contributed by atoms with van der Waals surface area (Å²) in [5, 5.41) is 20.6. The molecule has 0 aromatic heterocycles. The van der Waals surface area contributed by atoms with Crippen molar-refractivity contribution in [3.63, 3.8) is 0 Å². The standard InChI is InChI=1S/C13H18N2O3/c1-9(16)11-5-6-12(13(7-11)15(17)18)14(2)8-10-3-4-10/h5-7,9-10,16H,3-4,8H2,1-2H3/t9-/m1/s1. The predicted molar refractivity (Wildman–Crippen MR) is 69.7 cm³/mol. The van der Waals surface area contributed by atoms with Crippen molar-refractivity contribution in [2.45, 2.75) is 25.9 Å². The van der Waals surface area contributed by atoms with E-state index in [0.29, 0.717) is 17.2 Å². The molecule has 1 saturated carbocycles. The van der Waals surface area contributed by atoms with Crippen LogP contribution in [0.3, 0.4) is 0 Å². The van der Waals surface area contributed by atoms with Gasteiger partial charge in [-0.05, 0) is 37.3 Å². The molecule has 1 fully saturated rings. The van der Waals surface area contributed by atoms with E-state index in [2.05, 4.69) is 0 Å². The van der Waals surface area contributed by atoms with Crippen LogP contribution in [0.2, 0.25) is 0 Å². The van der Waals surface area contributed by atoms with Crippen molar-refractivity contribution in [2.24, 2.45) is 5.92 Å². The molecule has 1 N–H and O–H groups in total. The topological polar surface area (TPSA) is 66.6 Å². The summed E-state index contributed by atoms with van der Waals surface area (Å²) in [5.41, 5.74) is 1.26. The predicted octanol–water partition coefficient (Wildman–Crippen LogP) is 2.49. The lowest BCUT2D eigenvalue weighted by atomic mass is 10.1. The lowest BCUT2D eigenvalue weighted by Gasteiger charge is -2.19. The molecule has 0 radical (unpaired) electrons. The molecule has 18 heavy (non-hydrogen) atoms. The number of hydrogen-bond donors (Lipinski definition) is 1. The molecule has 1 aliphatic rings. The van der Waals surface area contributed by atoms with E-state index < -0.39 is 6.10 Å². The molecule has 0 amide bonds. The molecule has 1 atom stereocenters. The Balaban J connectivity index is 2.29. The van der Waals surface area contributed by atoms with Gasteiger partial charge in [-0.2, -0.15) is 0 Å². The zero-order chi connectivity index (χ0) is 13.3. The second kappa shape index (κ2) is 4.94. The summed E-state index contributed by atoms with van der Waals surface area (Å²) in [4.78, 5) is 12.6. The lowest BCUT2D eigenvalue weighted by Crippen LogP contribution is -2.21. The monoisotopic (exact) mass is 250 g/mol. The fourth-order valence-electron chi connectivity index (χ4n) is 2.06. The van der Waals surface area contributed by atoms with Crippen molar-refractivity contribution in [2.75, 3.05) is 18.5 Å². The number of benzene rings is 1. The van der Waals surface area contributed by atoms with E-state index >= 15 is 0 Å². The van der Waals surface area contributed by atoms with Gasteiger partial charge in [0.25, 0.3) is 5.69 Å². The van der Waals surface area contributed by atoms with Crippen LogP contribution in [0.4, 0.5) is 11.4 Å². The highest BCUT2D eigenvalue weighted by atomic mass is 16.6. The Hall–Kier alpha value is -1.62. The molecule has 0 heterocycles. The lowest BCUT2D eigenvalue weighted by molar-refractivity contribution is -0.384. The first-order valence-electron chi connectivity index (χ1n) is 6.16. The Morgan fingerprint density at radius 1 is 1.56 bits per heavy atom. The van der Waals surface area contributed by atoms with E-state index in [9.17, 15) is 15.2 Å². The molecule has 5 heteroatoms. The van der Waals surface area contributed by atoms with Crippen LogP contribution in [-0.2, 0) is 0 Å².